The average Bonchev–Trinajstić information content (AvgIpc) is 3.66. The molecule has 7 aromatic rings. The summed E-state index contributed by atoms with van der Waals surface area (Å²) < 4.78 is 10.4. The lowest BCUT2D eigenvalue weighted by Crippen LogP contribution is -2.33. The van der Waals surface area contributed by atoms with Gasteiger partial charge in [-0.25, -0.2) is 0 Å². The zero-order chi connectivity index (χ0) is 32.8. The Morgan fingerprint density at radius 1 is 0.367 bits per heavy atom. The van der Waals surface area contributed by atoms with Crippen molar-refractivity contribution < 1.29 is 0 Å². The van der Waals surface area contributed by atoms with Crippen LogP contribution in [0.5, 0.6) is 0 Å². The van der Waals surface area contributed by atoms with Gasteiger partial charge in [-0.05, 0) is 84.9 Å². The summed E-state index contributed by atoms with van der Waals surface area (Å²) in [6.45, 7) is 2.48. The van der Waals surface area contributed by atoms with E-state index in [2.05, 4.69) is 219 Å². The van der Waals surface area contributed by atoms with Crippen LogP contribution in [0.4, 0.5) is 45.5 Å². The first-order chi connectivity index (χ1) is 24.2. The van der Waals surface area contributed by atoms with Gasteiger partial charge < -0.3 is 0 Å². The summed E-state index contributed by atoms with van der Waals surface area (Å²) in [6, 6.07) is 70.7. The Bertz CT molecular complexity index is 2100. The number of hydrogen-bond donors (Lipinski definition) is 0. The molecule has 0 fully saturated rings. The molecular weight excluding hydrogens is 634 g/mol. The summed E-state index contributed by atoms with van der Waals surface area (Å²) in [5.74, 6) is 0. The van der Waals surface area contributed by atoms with Crippen molar-refractivity contribution in [3.8, 4) is 0 Å². The maximum Gasteiger partial charge on any atom is 0.236 e. The van der Waals surface area contributed by atoms with Gasteiger partial charge in [0.25, 0.3) is 0 Å². The molecule has 0 aromatic heterocycles. The zero-order valence-corrected chi connectivity index (χ0v) is 28.9. The van der Waals surface area contributed by atoms with Gasteiger partial charge in [-0.1, -0.05) is 109 Å². The van der Waals surface area contributed by atoms with E-state index in [9.17, 15) is 0 Å². The van der Waals surface area contributed by atoms with E-state index in [-0.39, 0.29) is 0 Å². The molecule has 0 N–H and O–H groups in total. The zero-order valence-electron chi connectivity index (χ0n) is 27.2. The molecular formula is C43H35N4P2+. The molecule has 6 heteroatoms. The molecule has 2 aliphatic heterocycles. The summed E-state index contributed by atoms with van der Waals surface area (Å²) >= 11 is 0. The Hall–Kier alpha value is -5.40. The molecule has 4 nitrogen and oxygen atoms in total. The number of rotatable bonds is 6. The van der Waals surface area contributed by atoms with Crippen LogP contribution >= 0.6 is 15.8 Å². The summed E-state index contributed by atoms with van der Waals surface area (Å²) in [6.07, 6.45) is 0. The molecule has 236 valence electrons. The van der Waals surface area contributed by atoms with E-state index in [1.54, 1.807) is 0 Å². The van der Waals surface area contributed by atoms with Crippen molar-refractivity contribution in [3.63, 3.8) is 0 Å². The van der Waals surface area contributed by atoms with Gasteiger partial charge in [-0.3, -0.25) is 9.34 Å². The van der Waals surface area contributed by atoms with Crippen molar-refractivity contribution in [1.82, 2.24) is 0 Å². The first kappa shape index (κ1) is 29.7. The SMILES string of the molecule is C[P+]1(c2cccc(P3N(c4ccccc4)c4ccccc4N3c3ccccc3)c2)N(c2ccccc2)c2ccccc2N1c1ccccc1. The second-order valence-corrected chi connectivity index (χ2v) is 17.3. The summed E-state index contributed by atoms with van der Waals surface area (Å²) in [5.41, 5.74) is 9.69. The van der Waals surface area contributed by atoms with E-state index in [0.717, 1.165) is 0 Å². The van der Waals surface area contributed by atoms with Gasteiger partial charge in [-0.15, -0.1) is 0 Å². The molecule has 0 radical (unpaired) electrons. The largest absolute Gasteiger partial charge is 0.297 e. The third kappa shape index (κ3) is 4.83. The Morgan fingerprint density at radius 3 is 1.16 bits per heavy atom. The van der Waals surface area contributed by atoms with E-state index >= 15 is 0 Å². The van der Waals surface area contributed by atoms with Gasteiger partial charge >= 0.3 is 0 Å². The first-order valence-electron chi connectivity index (χ1n) is 16.6. The van der Waals surface area contributed by atoms with Crippen molar-refractivity contribution in [2.45, 2.75) is 0 Å². The van der Waals surface area contributed by atoms with Crippen molar-refractivity contribution in [1.29, 1.82) is 0 Å². The second-order valence-electron chi connectivity index (χ2n) is 12.3. The third-order valence-electron chi connectivity index (χ3n) is 9.39. The van der Waals surface area contributed by atoms with Gasteiger partial charge in [-0.2, -0.15) is 9.34 Å². The summed E-state index contributed by atoms with van der Waals surface area (Å²) in [7, 11) is -3.35. The number of nitrogens with zero attached hydrogens (tertiary/aromatic N) is 4. The molecule has 0 spiro atoms. The molecule has 2 heterocycles. The van der Waals surface area contributed by atoms with E-state index in [4.69, 9.17) is 0 Å². The normalized spacial score (nSPS) is 15.0. The lowest BCUT2D eigenvalue weighted by molar-refractivity contribution is 1.42. The number of anilines is 8. The van der Waals surface area contributed by atoms with Crippen molar-refractivity contribution in [2.75, 3.05) is 25.3 Å². The van der Waals surface area contributed by atoms with Gasteiger partial charge in [0, 0.05) is 16.7 Å². The van der Waals surface area contributed by atoms with Crippen LogP contribution in [0.3, 0.4) is 0 Å². The molecule has 49 heavy (non-hydrogen) atoms. The fourth-order valence-electron chi connectivity index (χ4n) is 7.29. The van der Waals surface area contributed by atoms with E-state index in [1.807, 2.05) is 0 Å². The Labute approximate surface area is 290 Å². The van der Waals surface area contributed by atoms with Crippen LogP contribution in [0.1, 0.15) is 0 Å². The smallest absolute Gasteiger partial charge is 0.236 e. The van der Waals surface area contributed by atoms with Crippen molar-refractivity contribution >= 4 is 71.9 Å². The molecule has 9 rings (SSSR count). The van der Waals surface area contributed by atoms with Crippen LogP contribution in [0, 0.1) is 0 Å². The topological polar surface area (TPSA) is 13.0 Å². The predicted octanol–water partition coefficient (Wildman–Crippen LogP) is 11.7. The van der Waals surface area contributed by atoms with Crippen LogP contribution in [0.2, 0.25) is 0 Å². The van der Waals surface area contributed by atoms with Crippen LogP contribution in [0.15, 0.2) is 194 Å². The van der Waals surface area contributed by atoms with Crippen molar-refractivity contribution in [2.24, 2.45) is 0 Å². The van der Waals surface area contributed by atoms with Gasteiger partial charge in [0.15, 0.2) is 0 Å². The highest BCUT2D eigenvalue weighted by molar-refractivity contribution is 7.86. The Kier molecular flexibility index (Phi) is 7.42. The predicted molar refractivity (Wildman–Crippen MR) is 213 cm³/mol. The minimum Gasteiger partial charge on any atom is -0.297 e. The minimum absolute atomic E-state index is 1.05. The molecule has 0 unspecified atom stereocenters. The third-order valence-corrected chi connectivity index (χ3v) is 15.5. The number of para-hydroxylation sites is 8. The van der Waals surface area contributed by atoms with E-state index in [1.165, 1.54) is 56.1 Å². The highest BCUT2D eigenvalue weighted by atomic mass is 31.2. The molecule has 7 aromatic carbocycles. The fourth-order valence-corrected chi connectivity index (χ4v) is 13.7. The molecule has 0 aliphatic carbocycles. The van der Waals surface area contributed by atoms with Gasteiger partial charge in [0.1, 0.15) is 24.9 Å². The van der Waals surface area contributed by atoms with E-state index in [0.29, 0.717) is 0 Å². The maximum absolute atomic E-state index is 2.62. The first-order valence-corrected chi connectivity index (χ1v) is 20.0. The summed E-state index contributed by atoms with van der Waals surface area (Å²) in [4.78, 5) is 0. The Balaban J connectivity index is 1.28. The van der Waals surface area contributed by atoms with E-state index < -0.39 is 15.8 Å². The number of hydrogen-bond acceptors (Lipinski definition) is 4. The highest BCUT2D eigenvalue weighted by Crippen LogP contribution is 2.75. The summed E-state index contributed by atoms with van der Waals surface area (Å²) in [5, 5.41) is 2.63. The Morgan fingerprint density at radius 2 is 0.735 bits per heavy atom. The maximum atomic E-state index is 2.62. The quantitative estimate of drug-likeness (QED) is 0.163. The standard InChI is InChI=1S/C43H35N4P2/c1-49(46(36-23-10-4-11-24-36)42-31-16-17-32-43(42)47(49)37-25-12-5-13-26-37)39-28-18-27-38(33-39)48-44(34-19-6-2-7-20-34)40-29-14-15-30-41(40)45(48)35-21-8-3-9-22-35/h2-33H,1H3/q+1. The van der Waals surface area contributed by atoms with Crippen molar-refractivity contribution in [3.05, 3.63) is 194 Å². The number of benzene rings is 7. The average molecular weight is 670 g/mol. The molecule has 2 aliphatic rings. The van der Waals surface area contributed by atoms with Gasteiger partial charge in [0.2, 0.25) is 7.56 Å². The molecule has 0 amide bonds. The monoisotopic (exact) mass is 669 g/mol. The lowest BCUT2D eigenvalue weighted by Gasteiger charge is -2.36. The van der Waals surface area contributed by atoms with Crippen LogP contribution in [0.25, 0.3) is 0 Å². The molecule has 0 atom stereocenters. The van der Waals surface area contributed by atoms with Crippen LogP contribution in [-0.2, 0) is 0 Å². The second kappa shape index (κ2) is 12.2. The fraction of sp³-hybridized carbons (Fsp3) is 0.0233. The molecule has 0 saturated heterocycles. The molecule has 0 bridgehead atoms. The number of fused-ring (bicyclic) bond motifs is 2. The minimum atomic E-state index is -2.30. The van der Waals surface area contributed by atoms with Crippen LogP contribution < -0.4 is 29.3 Å². The van der Waals surface area contributed by atoms with Gasteiger partial charge in [0.05, 0.1) is 29.4 Å². The molecule has 0 saturated carbocycles. The highest BCUT2D eigenvalue weighted by Gasteiger charge is 2.57. The van der Waals surface area contributed by atoms with Crippen LogP contribution in [-0.4, -0.2) is 6.66 Å². The lowest BCUT2D eigenvalue weighted by atomic mass is 10.2.